The molecule has 0 aliphatic carbocycles. The molecule has 1 saturated heterocycles. The lowest BCUT2D eigenvalue weighted by molar-refractivity contribution is 0.0595. The van der Waals surface area contributed by atoms with Crippen molar-refractivity contribution in [3.8, 4) is 22.8 Å². The van der Waals surface area contributed by atoms with Crippen LogP contribution in [0.15, 0.2) is 40.9 Å². The van der Waals surface area contributed by atoms with Crippen LogP contribution in [0, 0.1) is 5.82 Å². The molecule has 1 aliphatic heterocycles. The summed E-state index contributed by atoms with van der Waals surface area (Å²) >= 11 is 0. The number of ether oxygens (including phenoxy) is 1. The van der Waals surface area contributed by atoms with Gasteiger partial charge in [-0.2, -0.15) is 4.98 Å². The zero-order valence-electron chi connectivity index (χ0n) is 19.0. The summed E-state index contributed by atoms with van der Waals surface area (Å²) < 4.78 is 50.9. The fourth-order valence-electron chi connectivity index (χ4n) is 4.04. The van der Waals surface area contributed by atoms with E-state index in [1.165, 1.54) is 19.2 Å². The van der Waals surface area contributed by atoms with Crippen molar-refractivity contribution in [1.29, 1.82) is 0 Å². The van der Waals surface area contributed by atoms with Gasteiger partial charge in [0.1, 0.15) is 5.82 Å². The minimum absolute atomic E-state index is 0.122. The number of rotatable bonds is 6. The molecule has 1 atom stereocenters. The normalized spacial score (nSPS) is 16.4. The number of aromatic nitrogens is 2. The van der Waals surface area contributed by atoms with Gasteiger partial charge in [0, 0.05) is 23.7 Å². The van der Waals surface area contributed by atoms with Gasteiger partial charge in [0.15, 0.2) is 0 Å². The summed E-state index contributed by atoms with van der Waals surface area (Å²) in [6.07, 6.45) is 4.29. The number of nitrogens with one attached hydrogen (secondary N) is 1. The number of nitrogens with zero attached hydrogens (tertiary/aromatic N) is 3. The van der Waals surface area contributed by atoms with Crippen molar-refractivity contribution in [3.05, 3.63) is 47.8 Å². The molecule has 1 aliphatic rings. The van der Waals surface area contributed by atoms with Crippen LogP contribution in [0.2, 0.25) is 0 Å². The summed E-state index contributed by atoms with van der Waals surface area (Å²) in [5.41, 5.74) is 1.82. The molecule has 1 N–H and O–H groups in total. The van der Waals surface area contributed by atoms with E-state index >= 15 is 0 Å². The van der Waals surface area contributed by atoms with E-state index in [-0.39, 0.29) is 23.3 Å². The van der Waals surface area contributed by atoms with E-state index in [2.05, 4.69) is 31.4 Å². The topological polar surface area (TPSA) is 115 Å². The smallest absolute Gasteiger partial charge is 0.340 e. The highest BCUT2D eigenvalue weighted by Crippen LogP contribution is 2.35. The number of benzene rings is 2. The van der Waals surface area contributed by atoms with E-state index < -0.39 is 21.8 Å². The number of sulfonamides is 1. The van der Waals surface area contributed by atoms with Crippen molar-refractivity contribution < 1.29 is 26.9 Å². The highest BCUT2D eigenvalue weighted by molar-refractivity contribution is 7.92. The van der Waals surface area contributed by atoms with Gasteiger partial charge in [-0.15, -0.1) is 0 Å². The molecule has 1 aromatic heterocycles. The predicted octanol–water partition coefficient (Wildman–Crippen LogP) is 4.08. The third-order valence-electron chi connectivity index (χ3n) is 5.71. The Morgan fingerprint density at radius 2 is 1.97 bits per heavy atom. The third kappa shape index (κ3) is 5.04. The van der Waals surface area contributed by atoms with Crippen LogP contribution in [0.1, 0.15) is 36.5 Å². The van der Waals surface area contributed by atoms with Crippen molar-refractivity contribution in [2.45, 2.75) is 32.2 Å². The van der Waals surface area contributed by atoms with Crippen molar-refractivity contribution >= 4 is 27.4 Å². The number of methoxy groups -OCH3 is 1. The second-order valence-electron chi connectivity index (χ2n) is 8.25. The Morgan fingerprint density at radius 3 is 2.65 bits per heavy atom. The van der Waals surface area contributed by atoms with Crippen LogP contribution in [0.3, 0.4) is 0 Å². The number of anilines is 2. The summed E-state index contributed by atoms with van der Waals surface area (Å²) in [6.45, 7) is 2.95. The molecule has 0 radical (unpaired) electrons. The van der Waals surface area contributed by atoms with Crippen molar-refractivity contribution in [3.63, 3.8) is 0 Å². The molecule has 0 bridgehead atoms. The lowest BCUT2D eigenvalue weighted by Gasteiger charge is -2.36. The summed E-state index contributed by atoms with van der Waals surface area (Å²) in [5, 5.41) is 3.91. The number of carbonyl (C=O) groups excluding carboxylic acids is 1. The SMILES string of the molecule is COC(=O)c1ccc(-c2noc(-c3ccc(N4CCCCC4C)c(NS(C)(=O)=O)c3)n2)cc1F. The number of piperidine rings is 1. The standard InChI is InChI=1S/C23H25FN4O5S/c1-14-6-4-5-11-28(14)20-10-8-16(13-19(20)27-34(3,30)31)22-25-21(26-33-22)15-7-9-17(18(24)12-15)23(29)32-2/h7-10,12-14,27H,4-6,11H2,1-3H3. The molecule has 9 nitrogen and oxygen atoms in total. The fraction of sp³-hybridized carbons (Fsp3) is 0.348. The molecule has 11 heteroatoms. The molecule has 1 unspecified atom stereocenters. The Hall–Kier alpha value is -3.47. The maximum Gasteiger partial charge on any atom is 0.340 e. The molecule has 34 heavy (non-hydrogen) atoms. The van der Waals surface area contributed by atoms with E-state index in [4.69, 9.17) is 4.52 Å². The molecule has 2 heterocycles. The first-order valence-corrected chi connectivity index (χ1v) is 12.7. The zero-order chi connectivity index (χ0) is 24.5. The van der Waals surface area contributed by atoms with Crippen LogP contribution in [0.25, 0.3) is 22.8 Å². The van der Waals surface area contributed by atoms with Crippen molar-refractivity contribution in [2.75, 3.05) is 29.5 Å². The molecule has 0 saturated carbocycles. The fourth-order valence-corrected chi connectivity index (χ4v) is 4.61. The number of halogens is 1. The van der Waals surface area contributed by atoms with Crippen LogP contribution in [-0.4, -0.2) is 50.5 Å². The van der Waals surface area contributed by atoms with Crippen LogP contribution < -0.4 is 9.62 Å². The highest BCUT2D eigenvalue weighted by atomic mass is 32.2. The van der Waals surface area contributed by atoms with E-state index in [1.54, 1.807) is 12.1 Å². The monoisotopic (exact) mass is 488 g/mol. The maximum atomic E-state index is 14.3. The number of esters is 1. The zero-order valence-corrected chi connectivity index (χ0v) is 19.9. The van der Waals surface area contributed by atoms with E-state index in [0.29, 0.717) is 16.8 Å². The Balaban J connectivity index is 1.68. The highest BCUT2D eigenvalue weighted by Gasteiger charge is 2.23. The summed E-state index contributed by atoms with van der Waals surface area (Å²) in [5.74, 6) is -1.29. The van der Waals surface area contributed by atoms with Gasteiger partial charge in [-0.3, -0.25) is 4.72 Å². The Bertz CT molecular complexity index is 1320. The van der Waals surface area contributed by atoms with Gasteiger partial charge < -0.3 is 14.2 Å². The van der Waals surface area contributed by atoms with Crippen LogP contribution in [0.5, 0.6) is 0 Å². The minimum atomic E-state index is -3.53. The van der Waals surface area contributed by atoms with Crippen LogP contribution in [0.4, 0.5) is 15.8 Å². The van der Waals surface area contributed by atoms with E-state index in [0.717, 1.165) is 43.8 Å². The van der Waals surface area contributed by atoms with Gasteiger partial charge in [0.05, 0.1) is 30.3 Å². The lowest BCUT2D eigenvalue weighted by Crippen LogP contribution is -2.38. The molecule has 4 rings (SSSR count). The van der Waals surface area contributed by atoms with Gasteiger partial charge in [0.2, 0.25) is 15.8 Å². The first kappa shape index (κ1) is 23.7. The maximum absolute atomic E-state index is 14.3. The summed E-state index contributed by atoms with van der Waals surface area (Å²) in [6, 6.07) is 9.43. The summed E-state index contributed by atoms with van der Waals surface area (Å²) in [7, 11) is -2.36. The van der Waals surface area contributed by atoms with Gasteiger partial charge >= 0.3 is 5.97 Å². The number of hydrogen-bond acceptors (Lipinski definition) is 8. The molecule has 0 amide bonds. The third-order valence-corrected chi connectivity index (χ3v) is 6.30. The van der Waals surface area contributed by atoms with Gasteiger partial charge in [-0.1, -0.05) is 5.16 Å². The van der Waals surface area contributed by atoms with Crippen LogP contribution in [-0.2, 0) is 14.8 Å². The van der Waals surface area contributed by atoms with Crippen molar-refractivity contribution in [2.24, 2.45) is 0 Å². The number of hydrogen-bond donors (Lipinski definition) is 1. The minimum Gasteiger partial charge on any atom is -0.465 e. The Labute approximate surface area is 197 Å². The Kier molecular flexibility index (Phi) is 6.56. The molecule has 3 aromatic rings. The first-order chi connectivity index (χ1) is 16.2. The lowest BCUT2D eigenvalue weighted by atomic mass is 10.0. The quantitative estimate of drug-likeness (QED) is 0.516. The first-order valence-electron chi connectivity index (χ1n) is 10.8. The van der Waals surface area contributed by atoms with Gasteiger partial charge in [-0.05, 0) is 62.6 Å². The molecular formula is C23H25FN4O5S. The average Bonchev–Trinajstić information content (AvgIpc) is 3.28. The molecule has 2 aromatic carbocycles. The van der Waals surface area contributed by atoms with Gasteiger partial charge in [0.25, 0.3) is 5.89 Å². The predicted molar refractivity (Wildman–Crippen MR) is 126 cm³/mol. The number of carbonyl (C=O) groups is 1. The van der Waals surface area contributed by atoms with Crippen LogP contribution >= 0.6 is 0 Å². The molecule has 0 spiro atoms. The second kappa shape index (κ2) is 9.41. The largest absolute Gasteiger partial charge is 0.465 e. The van der Waals surface area contributed by atoms with Gasteiger partial charge in [-0.25, -0.2) is 17.6 Å². The average molecular weight is 489 g/mol. The molecule has 180 valence electrons. The van der Waals surface area contributed by atoms with Crippen molar-refractivity contribution in [1.82, 2.24) is 10.1 Å². The van der Waals surface area contributed by atoms with E-state index in [1.807, 2.05) is 6.07 Å². The Morgan fingerprint density at radius 1 is 1.21 bits per heavy atom. The second-order valence-corrected chi connectivity index (χ2v) is 10.0. The molecular weight excluding hydrogens is 463 g/mol. The summed E-state index contributed by atoms with van der Waals surface area (Å²) in [4.78, 5) is 18.1. The molecule has 1 fully saturated rings. The van der Waals surface area contributed by atoms with E-state index in [9.17, 15) is 17.6 Å².